The fourth-order valence-electron chi connectivity index (χ4n) is 0.517. The van der Waals surface area contributed by atoms with Gasteiger partial charge in [-0.15, -0.1) is 0 Å². The van der Waals surface area contributed by atoms with Gasteiger partial charge in [0.1, 0.15) is 0 Å². The highest BCUT2D eigenvalue weighted by atomic mass is 127. The van der Waals surface area contributed by atoms with Crippen LogP contribution in [0.25, 0.3) is 0 Å². The van der Waals surface area contributed by atoms with Crippen LogP contribution in [0.1, 0.15) is 19.3 Å². The zero-order valence-electron chi connectivity index (χ0n) is 3.58. The highest BCUT2D eigenvalue weighted by molar-refractivity contribution is 14.1. The van der Waals surface area contributed by atoms with Crippen LogP contribution in [0.3, 0.4) is 0 Å². The molecule has 1 nitrogen and oxygen atoms in total. The Hall–Kier alpha value is 0.690. The molecule has 1 aliphatic carbocycles. The second kappa shape index (κ2) is 2.12. The Labute approximate surface area is 52.0 Å². The highest BCUT2D eigenvalue weighted by Crippen LogP contribution is 2.18. The summed E-state index contributed by atoms with van der Waals surface area (Å²) < 4.78 is 3.17. The first-order valence-corrected chi connectivity index (χ1v) is 3.37. The highest BCUT2D eigenvalue weighted by Gasteiger charge is 2.14. The molecule has 0 saturated heterocycles. The Morgan fingerprint density at radius 2 is 2.17 bits per heavy atom. The standard InChI is InChI=1S/C4H8IN/c5-6-4-2-1-3-4/h4,6H,1-3H2. The number of hydrogen-bond donors (Lipinski definition) is 1. The number of rotatable bonds is 1. The van der Waals surface area contributed by atoms with Crippen molar-refractivity contribution in [2.24, 2.45) is 0 Å². The van der Waals surface area contributed by atoms with Crippen molar-refractivity contribution >= 4 is 22.9 Å². The summed E-state index contributed by atoms with van der Waals surface area (Å²) in [5.41, 5.74) is 0. The lowest BCUT2D eigenvalue weighted by Crippen LogP contribution is -2.27. The van der Waals surface area contributed by atoms with Gasteiger partial charge in [0.15, 0.2) is 0 Å². The summed E-state index contributed by atoms with van der Waals surface area (Å²) in [6, 6.07) is 0.852. The fourth-order valence-corrected chi connectivity index (χ4v) is 1.14. The lowest BCUT2D eigenvalue weighted by Gasteiger charge is -2.22. The summed E-state index contributed by atoms with van der Waals surface area (Å²) in [5, 5.41) is 0. The van der Waals surface area contributed by atoms with Crippen molar-refractivity contribution in [3.63, 3.8) is 0 Å². The molecular weight excluding hydrogens is 189 g/mol. The molecule has 0 spiro atoms. The third-order valence-electron chi connectivity index (χ3n) is 1.26. The second-order valence-corrected chi connectivity index (χ2v) is 2.36. The second-order valence-electron chi connectivity index (χ2n) is 1.74. The van der Waals surface area contributed by atoms with Gasteiger partial charge in [-0.2, -0.15) is 0 Å². The molecule has 36 valence electrons. The van der Waals surface area contributed by atoms with Crippen LogP contribution >= 0.6 is 22.9 Å². The van der Waals surface area contributed by atoms with Gasteiger partial charge in [0.25, 0.3) is 0 Å². The third kappa shape index (κ3) is 0.846. The van der Waals surface area contributed by atoms with E-state index < -0.39 is 0 Å². The Bertz CT molecular complexity index is 40.1. The third-order valence-corrected chi connectivity index (χ3v) is 2.14. The molecule has 0 aromatic carbocycles. The minimum atomic E-state index is 0.852. The average Bonchev–Trinajstić information content (AvgIpc) is 1.31. The van der Waals surface area contributed by atoms with Gasteiger partial charge in [-0.05, 0) is 12.8 Å². The summed E-state index contributed by atoms with van der Waals surface area (Å²) in [5.74, 6) is 0. The molecule has 0 atom stereocenters. The number of nitrogens with one attached hydrogen (secondary N) is 1. The maximum atomic E-state index is 3.17. The van der Waals surface area contributed by atoms with Gasteiger partial charge < -0.3 is 0 Å². The molecule has 6 heavy (non-hydrogen) atoms. The van der Waals surface area contributed by atoms with Crippen LogP contribution in [0.5, 0.6) is 0 Å². The first kappa shape index (κ1) is 4.84. The number of halogens is 1. The molecule has 0 aliphatic heterocycles. The van der Waals surface area contributed by atoms with E-state index in [1.54, 1.807) is 0 Å². The predicted octanol–water partition coefficient (Wildman–Crippen LogP) is 1.48. The fraction of sp³-hybridized carbons (Fsp3) is 1.00. The predicted molar refractivity (Wildman–Crippen MR) is 34.8 cm³/mol. The van der Waals surface area contributed by atoms with E-state index in [0.717, 1.165) is 6.04 Å². The van der Waals surface area contributed by atoms with Gasteiger partial charge in [0.05, 0.1) is 0 Å². The Morgan fingerprint density at radius 3 is 2.17 bits per heavy atom. The Balaban J connectivity index is 2.01. The normalized spacial score (nSPS) is 23.5. The minimum absolute atomic E-state index is 0.852. The molecular formula is C4H8IN. The molecule has 0 aromatic heterocycles. The molecule has 1 aliphatic rings. The molecule has 1 N–H and O–H groups in total. The van der Waals surface area contributed by atoms with E-state index in [-0.39, 0.29) is 0 Å². The van der Waals surface area contributed by atoms with Crippen LogP contribution in [0, 0.1) is 0 Å². The van der Waals surface area contributed by atoms with E-state index in [2.05, 4.69) is 26.4 Å². The van der Waals surface area contributed by atoms with Crippen molar-refractivity contribution in [1.82, 2.24) is 3.53 Å². The maximum Gasteiger partial charge on any atom is 0.0172 e. The van der Waals surface area contributed by atoms with Gasteiger partial charge in [0.2, 0.25) is 0 Å². The van der Waals surface area contributed by atoms with E-state index in [1.165, 1.54) is 19.3 Å². The molecule has 0 amide bonds. The van der Waals surface area contributed by atoms with Crippen molar-refractivity contribution < 1.29 is 0 Å². The van der Waals surface area contributed by atoms with Crippen molar-refractivity contribution in [1.29, 1.82) is 0 Å². The van der Waals surface area contributed by atoms with Crippen LogP contribution in [0.4, 0.5) is 0 Å². The Kier molecular flexibility index (Phi) is 1.71. The van der Waals surface area contributed by atoms with E-state index in [0.29, 0.717) is 0 Å². The van der Waals surface area contributed by atoms with Gasteiger partial charge in [-0.3, -0.25) is 3.53 Å². The SMILES string of the molecule is INC1CCC1. The molecule has 0 aromatic rings. The zero-order chi connectivity index (χ0) is 4.41. The van der Waals surface area contributed by atoms with Crippen molar-refractivity contribution in [3.8, 4) is 0 Å². The summed E-state index contributed by atoms with van der Waals surface area (Å²) in [6.45, 7) is 0. The molecule has 2 heteroatoms. The summed E-state index contributed by atoms with van der Waals surface area (Å²) in [7, 11) is 0. The zero-order valence-corrected chi connectivity index (χ0v) is 5.73. The first-order valence-electron chi connectivity index (χ1n) is 2.29. The van der Waals surface area contributed by atoms with Crippen LogP contribution < -0.4 is 3.53 Å². The van der Waals surface area contributed by atoms with E-state index >= 15 is 0 Å². The Morgan fingerprint density at radius 1 is 1.50 bits per heavy atom. The van der Waals surface area contributed by atoms with Crippen LogP contribution in [0.15, 0.2) is 0 Å². The summed E-state index contributed by atoms with van der Waals surface area (Å²) in [6.07, 6.45) is 4.21. The van der Waals surface area contributed by atoms with E-state index in [4.69, 9.17) is 0 Å². The molecule has 0 unspecified atom stereocenters. The largest absolute Gasteiger partial charge is 0.258 e. The molecule has 1 saturated carbocycles. The minimum Gasteiger partial charge on any atom is -0.258 e. The van der Waals surface area contributed by atoms with Crippen molar-refractivity contribution in [2.45, 2.75) is 25.3 Å². The summed E-state index contributed by atoms with van der Waals surface area (Å²) >= 11 is 2.21. The molecule has 0 heterocycles. The van der Waals surface area contributed by atoms with E-state index in [9.17, 15) is 0 Å². The lowest BCUT2D eigenvalue weighted by atomic mass is 9.95. The molecule has 1 rings (SSSR count). The topological polar surface area (TPSA) is 12.0 Å². The average molecular weight is 197 g/mol. The van der Waals surface area contributed by atoms with Gasteiger partial charge in [0, 0.05) is 28.9 Å². The molecule has 1 fully saturated rings. The van der Waals surface area contributed by atoms with Gasteiger partial charge >= 0.3 is 0 Å². The molecule has 0 radical (unpaired) electrons. The van der Waals surface area contributed by atoms with Crippen molar-refractivity contribution in [2.75, 3.05) is 0 Å². The summed E-state index contributed by atoms with van der Waals surface area (Å²) in [4.78, 5) is 0. The van der Waals surface area contributed by atoms with Crippen molar-refractivity contribution in [3.05, 3.63) is 0 Å². The first-order chi connectivity index (χ1) is 2.93. The van der Waals surface area contributed by atoms with E-state index in [1.807, 2.05) is 0 Å². The van der Waals surface area contributed by atoms with Gasteiger partial charge in [-0.1, -0.05) is 6.42 Å². The monoisotopic (exact) mass is 197 g/mol. The lowest BCUT2D eigenvalue weighted by molar-refractivity contribution is 0.403. The smallest absolute Gasteiger partial charge is 0.0172 e. The number of hydrogen-bond acceptors (Lipinski definition) is 1. The van der Waals surface area contributed by atoms with Crippen LogP contribution in [-0.2, 0) is 0 Å². The quantitative estimate of drug-likeness (QED) is 0.495. The molecule has 0 bridgehead atoms. The van der Waals surface area contributed by atoms with Crippen LogP contribution in [-0.4, -0.2) is 6.04 Å². The van der Waals surface area contributed by atoms with Crippen LogP contribution in [0.2, 0.25) is 0 Å². The van der Waals surface area contributed by atoms with Gasteiger partial charge in [-0.25, -0.2) is 0 Å². The maximum absolute atomic E-state index is 3.17.